The fourth-order valence-corrected chi connectivity index (χ4v) is 2.78. The topological polar surface area (TPSA) is 53.4 Å². The van der Waals surface area contributed by atoms with Crippen molar-refractivity contribution in [2.45, 2.75) is 13.1 Å². The number of carbonyl (C=O) groups excluding carboxylic acids is 1. The Hall–Kier alpha value is -2.34. The van der Waals surface area contributed by atoms with E-state index in [0.29, 0.717) is 6.54 Å². The summed E-state index contributed by atoms with van der Waals surface area (Å²) >= 11 is 0. The zero-order valence-electron chi connectivity index (χ0n) is 13.3. The van der Waals surface area contributed by atoms with Crippen LogP contribution in [0.1, 0.15) is 5.56 Å². The molecule has 6 heteroatoms. The van der Waals surface area contributed by atoms with E-state index >= 15 is 0 Å². The highest BCUT2D eigenvalue weighted by Gasteiger charge is 2.20. The van der Waals surface area contributed by atoms with Crippen LogP contribution in [0.5, 0.6) is 0 Å². The summed E-state index contributed by atoms with van der Waals surface area (Å²) in [6, 6.07) is 8.07. The Morgan fingerprint density at radius 1 is 1.13 bits per heavy atom. The van der Waals surface area contributed by atoms with E-state index in [4.69, 9.17) is 0 Å². The van der Waals surface area contributed by atoms with Crippen LogP contribution in [0.25, 0.3) is 0 Å². The van der Waals surface area contributed by atoms with Gasteiger partial charge in [-0.05, 0) is 23.8 Å². The van der Waals surface area contributed by atoms with E-state index in [0.717, 1.165) is 39.3 Å². The molecule has 3 heterocycles. The lowest BCUT2D eigenvalue weighted by molar-refractivity contribution is 0.135. The molecule has 2 aromatic rings. The summed E-state index contributed by atoms with van der Waals surface area (Å²) in [5, 5.41) is 2.99. The van der Waals surface area contributed by atoms with E-state index in [1.165, 1.54) is 5.56 Å². The highest BCUT2D eigenvalue weighted by molar-refractivity contribution is 5.74. The van der Waals surface area contributed by atoms with Crippen molar-refractivity contribution in [3.8, 4) is 0 Å². The van der Waals surface area contributed by atoms with Gasteiger partial charge in [-0.1, -0.05) is 6.07 Å². The maximum Gasteiger partial charge on any atom is 0.317 e. The van der Waals surface area contributed by atoms with Gasteiger partial charge >= 0.3 is 6.03 Å². The third kappa shape index (κ3) is 4.56. The van der Waals surface area contributed by atoms with E-state index in [9.17, 15) is 4.79 Å². The summed E-state index contributed by atoms with van der Waals surface area (Å²) in [5.74, 6) is 0. The van der Waals surface area contributed by atoms with Crippen molar-refractivity contribution >= 4 is 6.03 Å². The predicted octanol–water partition coefficient (Wildman–Crippen LogP) is 1.41. The van der Waals surface area contributed by atoms with Crippen LogP contribution in [0.2, 0.25) is 0 Å². The fourth-order valence-electron chi connectivity index (χ4n) is 2.78. The van der Waals surface area contributed by atoms with E-state index in [1.807, 2.05) is 41.7 Å². The van der Waals surface area contributed by atoms with E-state index < -0.39 is 0 Å². The molecule has 1 aliphatic heterocycles. The van der Waals surface area contributed by atoms with Crippen molar-refractivity contribution < 1.29 is 4.79 Å². The van der Waals surface area contributed by atoms with Gasteiger partial charge in [0.15, 0.2) is 0 Å². The predicted molar refractivity (Wildman–Crippen MR) is 88.9 cm³/mol. The first-order valence-electron chi connectivity index (χ1n) is 8.06. The third-order valence-corrected chi connectivity index (χ3v) is 4.10. The molecule has 0 unspecified atom stereocenters. The molecule has 0 radical (unpaired) electrons. The zero-order valence-corrected chi connectivity index (χ0v) is 13.3. The molecule has 0 spiro atoms. The van der Waals surface area contributed by atoms with Crippen molar-refractivity contribution in [2.75, 3.05) is 32.7 Å². The maximum atomic E-state index is 12.2. The number of aromatic nitrogens is 2. The summed E-state index contributed by atoms with van der Waals surface area (Å²) < 4.78 is 2.06. The quantitative estimate of drug-likeness (QED) is 0.908. The Balaban J connectivity index is 1.37. The Kier molecular flexibility index (Phi) is 5.26. The van der Waals surface area contributed by atoms with Gasteiger partial charge in [0.25, 0.3) is 0 Å². The second-order valence-electron chi connectivity index (χ2n) is 5.78. The van der Waals surface area contributed by atoms with Gasteiger partial charge in [-0.2, -0.15) is 0 Å². The Bertz CT molecular complexity index is 591. The molecular formula is C17H23N5O. The molecule has 0 saturated carbocycles. The van der Waals surface area contributed by atoms with Gasteiger partial charge in [0.05, 0.1) is 0 Å². The first-order valence-corrected chi connectivity index (χ1v) is 8.06. The Morgan fingerprint density at radius 3 is 2.61 bits per heavy atom. The molecule has 6 nitrogen and oxygen atoms in total. The third-order valence-electron chi connectivity index (χ3n) is 4.10. The standard InChI is InChI=1S/C17H23N5O/c23-17(19-6-9-20-7-1-2-8-20)22-12-10-21(11-13-22)15-16-4-3-5-18-14-16/h1-5,7-8,14H,6,9-13,15H2,(H,19,23). The lowest BCUT2D eigenvalue weighted by Crippen LogP contribution is -2.51. The number of pyridine rings is 1. The first-order chi connectivity index (χ1) is 11.3. The van der Waals surface area contributed by atoms with E-state index in [1.54, 1.807) is 6.20 Å². The van der Waals surface area contributed by atoms with Crippen LogP contribution in [0.15, 0.2) is 49.1 Å². The van der Waals surface area contributed by atoms with Crippen LogP contribution < -0.4 is 5.32 Å². The molecule has 23 heavy (non-hydrogen) atoms. The summed E-state index contributed by atoms with van der Waals surface area (Å²) in [6.07, 6.45) is 7.70. The molecule has 0 bridgehead atoms. The average molecular weight is 313 g/mol. The van der Waals surface area contributed by atoms with Gasteiger partial charge in [-0.25, -0.2) is 4.79 Å². The number of nitrogens with zero attached hydrogens (tertiary/aromatic N) is 4. The second-order valence-corrected chi connectivity index (χ2v) is 5.78. The SMILES string of the molecule is O=C(NCCn1cccc1)N1CCN(Cc2cccnc2)CC1. The molecule has 2 amide bonds. The van der Waals surface area contributed by atoms with Crippen LogP contribution >= 0.6 is 0 Å². The van der Waals surface area contributed by atoms with E-state index in [2.05, 4.69) is 25.8 Å². The minimum absolute atomic E-state index is 0.0400. The van der Waals surface area contributed by atoms with Gasteiger partial charge < -0.3 is 14.8 Å². The van der Waals surface area contributed by atoms with Crippen molar-refractivity contribution in [2.24, 2.45) is 0 Å². The normalized spacial score (nSPS) is 15.6. The minimum Gasteiger partial charge on any atom is -0.353 e. The maximum absolute atomic E-state index is 12.2. The molecule has 122 valence electrons. The monoisotopic (exact) mass is 313 g/mol. The van der Waals surface area contributed by atoms with Crippen molar-refractivity contribution in [3.05, 3.63) is 54.6 Å². The van der Waals surface area contributed by atoms with Crippen LogP contribution in [-0.4, -0.2) is 58.1 Å². The second kappa shape index (κ2) is 7.78. The Morgan fingerprint density at radius 2 is 1.91 bits per heavy atom. The van der Waals surface area contributed by atoms with Crippen LogP contribution in [0, 0.1) is 0 Å². The molecule has 1 saturated heterocycles. The molecule has 1 fully saturated rings. The first kappa shape index (κ1) is 15.6. The van der Waals surface area contributed by atoms with Gasteiger partial charge in [0.1, 0.15) is 0 Å². The highest BCUT2D eigenvalue weighted by Crippen LogP contribution is 2.07. The summed E-state index contributed by atoms with van der Waals surface area (Å²) in [6.45, 7) is 5.71. The van der Waals surface area contributed by atoms with Crippen molar-refractivity contribution in [3.63, 3.8) is 0 Å². The van der Waals surface area contributed by atoms with Gasteiger partial charge in [-0.15, -0.1) is 0 Å². The number of rotatable bonds is 5. The fraction of sp³-hybridized carbons (Fsp3) is 0.412. The number of piperazine rings is 1. The average Bonchev–Trinajstić information content (AvgIpc) is 3.10. The van der Waals surface area contributed by atoms with E-state index in [-0.39, 0.29) is 6.03 Å². The number of amides is 2. The lowest BCUT2D eigenvalue weighted by atomic mass is 10.2. The van der Waals surface area contributed by atoms with Crippen LogP contribution in [0.4, 0.5) is 4.79 Å². The lowest BCUT2D eigenvalue weighted by Gasteiger charge is -2.34. The number of carbonyl (C=O) groups is 1. The Labute approximate surface area is 136 Å². The number of nitrogens with one attached hydrogen (secondary N) is 1. The summed E-state index contributed by atoms with van der Waals surface area (Å²) in [7, 11) is 0. The molecule has 1 aliphatic rings. The van der Waals surface area contributed by atoms with Crippen LogP contribution in [0.3, 0.4) is 0 Å². The minimum atomic E-state index is 0.0400. The van der Waals surface area contributed by atoms with Crippen molar-refractivity contribution in [1.29, 1.82) is 0 Å². The number of hydrogen-bond donors (Lipinski definition) is 1. The highest BCUT2D eigenvalue weighted by atomic mass is 16.2. The largest absolute Gasteiger partial charge is 0.353 e. The molecular weight excluding hydrogens is 290 g/mol. The molecule has 1 N–H and O–H groups in total. The summed E-state index contributed by atoms with van der Waals surface area (Å²) in [4.78, 5) is 20.6. The van der Waals surface area contributed by atoms with Gasteiger partial charge in [0, 0.05) is 70.6 Å². The van der Waals surface area contributed by atoms with Gasteiger partial charge in [-0.3, -0.25) is 9.88 Å². The molecule has 0 aliphatic carbocycles. The van der Waals surface area contributed by atoms with Gasteiger partial charge in [0.2, 0.25) is 0 Å². The molecule has 0 aromatic carbocycles. The van der Waals surface area contributed by atoms with Crippen LogP contribution in [-0.2, 0) is 13.1 Å². The molecule has 2 aromatic heterocycles. The molecule has 3 rings (SSSR count). The van der Waals surface area contributed by atoms with Crippen molar-refractivity contribution in [1.82, 2.24) is 24.7 Å². The summed E-state index contributed by atoms with van der Waals surface area (Å²) in [5.41, 5.74) is 1.22. The zero-order chi connectivity index (χ0) is 15.9. The number of hydrogen-bond acceptors (Lipinski definition) is 3. The smallest absolute Gasteiger partial charge is 0.317 e. The molecule has 0 atom stereocenters. The number of urea groups is 1.